The molecular weight excluding hydrogens is 248 g/mol. The molecule has 1 aromatic rings. The third-order valence-electron chi connectivity index (χ3n) is 3.81. The molecule has 0 aliphatic carbocycles. The molecule has 4 nitrogen and oxygen atoms in total. The van der Waals surface area contributed by atoms with E-state index in [-0.39, 0.29) is 0 Å². The van der Waals surface area contributed by atoms with Crippen molar-refractivity contribution in [3.63, 3.8) is 0 Å². The van der Waals surface area contributed by atoms with E-state index in [1.165, 1.54) is 12.8 Å². The second-order valence-corrected chi connectivity index (χ2v) is 6.50. The number of nitrogens with one attached hydrogen (secondary N) is 1. The van der Waals surface area contributed by atoms with Crippen molar-refractivity contribution in [3.05, 3.63) is 11.9 Å². The molecule has 0 bridgehead atoms. The first-order valence-electron chi connectivity index (χ1n) is 7.91. The highest BCUT2D eigenvalue weighted by Gasteiger charge is 2.27. The number of hydrogen-bond acceptors (Lipinski definition) is 4. The van der Waals surface area contributed by atoms with E-state index in [0.29, 0.717) is 5.41 Å². The highest BCUT2D eigenvalue weighted by Crippen LogP contribution is 2.31. The van der Waals surface area contributed by atoms with E-state index in [1.807, 2.05) is 0 Å². The summed E-state index contributed by atoms with van der Waals surface area (Å²) in [5.41, 5.74) is 0.381. The molecule has 20 heavy (non-hydrogen) atoms. The van der Waals surface area contributed by atoms with Gasteiger partial charge in [-0.15, -0.1) is 0 Å². The summed E-state index contributed by atoms with van der Waals surface area (Å²) in [4.78, 5) is 11.8. The van der Waals surface area contributed by atoms with Crippen molar-refractivity contribution in [2.75, 3.05) is 29.9 Å². The van der Waals surface area contributed by atoms with Crippen molar-refractivity contribution < 1.29 is 0 Å². The van der Waals surface area contributed by atoms with Crippen molar-refractivity contribution in [1.29, 1.82) is 0 Å². The van der Waals surface area contributed by atoms with Gasteiger partial charge >= 0.3 is 0 Å². The number of hydrogen-bond donors (Lipinski definition) is 1. The largest absolute Gasteiger partial charge is 0.370 e. The van der Waals surface area contributed by atoms with E-state index in [0.717, 1.165) is 49.9 Å². The fourth-order valence-electron chi connectivity index (χ4n) is 2.87. The lowest BCUT2D eigenvalue weighted by molar-refractivity contribution is 0.292. The topological polar surface area (TPSA) is 41.1 Å². The summed E-state index contributed by atoms with van der Waals surface area (Å²) in [6.45, 7) is 12.1. The molecule has 1 fully saturated rings. The van der Waals surface area contributed by atoms with Crippen LogP contribution in [0.1, 0.15) is 52.8 Å². The summed E-state index contributed by atoms with van der Waals surface area (Å²) in [7, 11) is 0. The smallest absolute Gasteiger partial charge is 0.134 e. The Kier molecular flexibility index (Phi) is 4.84. The Morgan fingerprint density at radius 1 is 1.30 bits per heavy atom. The van der Waals surface area contributed by atoms with Crippen LogP contribution in [0.25, 0.3) is 0 Å². The summed E-state index contributed by atoms with van der Waals surface area (Å²) in [5.74, 6) is 3.01. The number of nitrogens with zero attached hydrogens (tertiary/aromatic N) is 3. The summed E-state index contributed by atoms with van der Waals surface area (Å²) in [5, 5.41) is 3.33. The first-order valence-corrected chi connectivity index (χ1v) is 7.91. The van der Waals surface area contributed by atoms with Crippen LogP contribution in [0.4, 0.5) is 11.6 Å². The van der Waals surface area contributed by atoms with Crippen LogP contribution in [0.15, 0.2) is 6.07 Å². The highest BCUT2D eigenvalue weighted by molar-refractivity contribution is 5.50. The second-order valence-electron chi connectivity index (χ2n) is 6.50. The standard InChI is InChI=1S/C16H28N4/c1-5-8-13-18-14(17-6-2)11-15(19-13)20-10-7-9-16(3,4)12-20/h11H,5-10,12H2,1-4H3,(H,17,18,19). The highest BCUT2D eigenvalue weighted by atomic mass is 15.2. The summed E-state index contributed by atoms with van der Waals surface area (Å²) < 4.78 is 0. The lowest BCUT2D eigenvalue weighted by atomic mass is 9.84. The normalized spacial score (nSPS) is 18.1. The monoisotopic (exact) mass is 276 g/mol. The van der Waals surface area contributed by atoms with Crippen LogP contribution in [-0.2, 0) is 6.42 Å². The molecule has 0 aromatic carbocycles. The molecule has 0 atom stereocenters. The van der Waals surface area contributed by atoms with Gasteiger partial charge in [-0.25, -0.2) is 9.97 Å². The van der Waals surface area contributed by atoms with Gasteiger partial charge in [-0.05, 0) is 31.6 Å². The molecule has 112 valence electrons. The zero-order valence-electron chi connectivity index (χ0n) is 13.4. The van der Waals surface area contributed by atoms with Crippen molar-refractivity contribution in [2.24, 2.45) is 5.41 Å². The zero-order chi connectivity index (χ0) is 14.6. The van der Waals surface area contributed by atoms with Crippen LogP contribution in [0.2, 0.25) is 0 Å². The molecule has 1 aromatic heterocycles. The van der Waals surface area contributed by atoms with Gasteiger partial charge in [0.15, 0.2) is 0 Å². The van der Waals surface area contributed by atoms with Gasteiger partial charge in [0.2, 0.25) is 0 Å². The molecule has 4 heteroatoms. The average Bonchev–Trinajstić information content (AvgIpc) is 2.38. The van der Waals surface area contributed by atoms with E-state index in [9.17, 15) is 0 Å². The van der Waals surface area contributed by atoms with Crippen LogP contribution in [0.3, 0.4) is 0 Å². The molecule has 0 amide bonds. The molecule has 0 saturated carbocycles. The average molecular weight is 276 g/mol. The van der Waals surface area contributed by atoms with Gasteiger partial charge in [-0.3, -0.25) is 0 Å². The van der Waals surface area contributed by atoms with E-state index in [1.54, 1.807) is 0 Å². The fourth-order valence-corrected chi connectivity index (χ4v) is 2.87. The van der Waals surface area contributed by atoms with Crippen LogP contribution in [-0.4, -0.2) is 29.6 Å². The minimum absolute atomic E-state index is 0.381. The van der Waals surface area contributed by atoms with E-state index in [4.69, 9.17) is 4.98 Å². The summed E-state index contributed by atoms with van der Waals surface area (Å²) >= 11 is 0. The first-order chi connectivity index (χ1) is 9.54. The molecule has 1 saturated heterocycles. The predicted molar refractivity (Wildman–Crippen MR) is 85.4 cm³/mol. The quantitative estimate of drug-likeness (QED) is 0.894. The number of aromatic nitrogens is 2. The maximum Gasteiger partial charge on any atom is 0.134 e. The Labute approximate surface area is 123 Å². The number of rotatable bonds is 5. The first kappa shape index (κ1) is 15.1. The van der Waals surface area contributed by atoms with Gasteiger partial charge in [-0.1, -0.05) is 20.8 Å². The Hall–Kier alpha value is -1.32. The Morgan fingerprint density at radius 2 is 2.10 bits per heavy atom. The zero-order valence-corrected chi connectivity index (χ0v) is 13.4. The van der Waals surface area contributed by atoms with Gasteiger partial charge in [0.05, 0.1) is 0 Å². The molecule has 2 heterocycles. The second kappa shape index (κ2) is 6.42. The van der Waals surface area contributed by atoms with Crippen LogP contribution in [0, 0.1) is 5.41 Å². The van der Waals surface area contributed by atoms with Crippen LogP contribution in [0.5, 0.6) is 0 Å². The van der Waals surface area contributed by atoms with Crippen molar-refractivity contribution >= 4 is 11.6 Å². The molecular formula is C16H28N4. The molecule has 1 aliphatic heterocycles. The van der Waals surface area contributed by atoms with Gasteiger partial charge < -0.3 is 10.2 Å². The SMILES string of the molecule is CCCc1nc(NCC)cc(N2CCCC(C)(C)C2)n1. The lowest BCUT2D eigenvalue weighted by Crippen LogP contribution is -2.40. The predicted octanol–water partition coefficient (Wildman–Crippen LogP) is 3.49. The lowest BCUT2D eigenvalue weighted by Gasteiger charge is -2.38. The number of piperidine rings is 1. The molecule has 1 aliphatic rings. The van der Waals surface area contributed by atoms with E-state index >= 15 is 0 Å². The van der Waals surface area contributed by atoms with Gasteiger partial charge in [0.25, 0.3) is 0 Å². The van der Waals surface area contributed by atoms with Crippen molar-refractivity contribution in [2.45, 2.75) is 53.4 Å². The fraction of sp³-hybridized carbons (Fsp3) is 0.750. The molecule has 1 N–H and O–H groups in total. The minimum Gasteiger partial charge on any atom is -0.370 e. The molecule has 2 rings (SSSR count). The number of anilines is 2. The molecule has 0 spiro atoms. The number of aryl methyl sites for hydroxylation is 1. The van der Waals surface area contributed by atoms with Gasteiger partial charge in [-0.2, -0.15) is 0 Å². The minimum atomic E-state index is 0.381. The Bertz CT molecular complexity index is 418. The Balaban J connectivity index is 2.24. The maximum absolute atomic E-state index is 4.77. The van der Waals surface area contributed by atoms with Crippen LogP contribution < -0.4 is 10.2 Å². The Morgan fingerprint density at radius 3 is 2.75 bits per heavy atom. The van der Waals surface area contributed by atoms with Crippen LogP contribution >= 0.6 is 0 Å². The van der Waals surface area contributed by atoms with Gasteiger partial charge in [0.1, 0.15) is 17.5 Å². The maximum atomic E-state index is 4.77. The van der Waals surface area contributed by atoms with E-state index in [2.05, 4.69) is 49.0 Å². The third kappa shape index (κ3) is 3.84. The van der Waals surface area contributed by atoms with Crippen molar-refractivity contribution in [1.82, 2.24) is 9.97 Å². The van der Waals surface area contributed by atoms with Gasteiger partial charge in [0, 0.05) is 32.1 Å². The van der Waals surface area contributed by atoms with Crippen molar-refractivity contribution in [3.8, 4) is 0 Å². The summed E-state index contributed by atoms with van der Waals surface area (Å²) in [6, 6.07) is 2.10. The third-order valence-corrected chi connectivity index (χ3v) is 3.81. The van der Waals surface area contributed by atoms with E-state index < -0.39 is 0 Å². The summed E-state index contributed by atoms with van der Waals surface area (Å²) in [6.07, 6.45) is 4.58. The molecule has 0 unspecified atom stereocenters. The molecule has 0 radical (unpaired) electrons.